The molecular formula is C7H13NO4. The fourth-order valence-corrected chi connectivity index (χ4v) is 0.670. The van der Waals surface area contributed by atoms with E-state index in [4.69, 9.17) is 9.22 Å². The number of ether oxygens (including phenoxy) is 1. The number of methoxy groups -OCH3 is 1. The lowest BCUT2D eigenvalue weighted by Gasteiger charge is -2.16. The number of carboxylic acid groups (broad SMARTS) is 1. The van der Waals surface area contributed by atoms with Gasteiger partial charge in [0.2, 0.25) is 0 Å². The number of carbonyl (C=O) groups excluding carboxylic acids is 1. The molecule has 5 nitrogen and oxygen atoms in total. The predicted octanol–water partition coefficient (Wildman–Crippen LogP) is 0.452. The Kier molecular flexibility index (Phi) is 2.40. The van der Waals surface area contributed by atoms with Gasteiger partial charge in [0.1, 0.15) is 6.04 Å². The van der Waals surface area contributed by atoms with E-state index in [2.05, 4.69) is 4.74 Å². The van der Waals surface area contributed by atoms with Gasteiger partial charge in [0.15, 0.2) is 0 Å². The van der Waals surface area contributed by atoms with Crippen LogP contribution in [0.1, 0.15) is 18.0 Å². The molecule has 0 aromatic carbocycles. The zero-order chi connectivity index (χ0) is 12.2. The second-order valence-electron chi connectivity index (χ2n) is 2.59. The molecule has 0 unspecified atom stereocenters. The van der Waals surface area contributed by atoms with Gasteiger partial charge in [0, 0.05) is 0 Å². The maximum atomic E-state index is 10.9. The molecule has 0 heterocycles. The lowest BCUT2D eigenvalue weighted by molar-refractivity contribution is -0.140. The summed E-state index contributed by atoms with van der Waals surface area (Å²) >= 11 is 0. The largest absolute Gasteiger partial charge is 0.480 e. The minimum absolute atomic E-state index is 0.369. The van der Waals surface area contributed by atoms with Gasteiger partial charge in [-0.2, -0.15) is 0 Å². The molecule has 0 aliphatic heterocycles. The Hall–Kier alpha value is -1.26. The molecule has 0 radical (unpaired) electrons. The van der Waals surface area contributed by atoms with Gasteiger partial charge in [-0.15, -0.1) is 0 Å². The lowest BCUT2D eigenvalue weighted by Crippen LogP contribution is -2.44. The molecule has 0 aromatic heterocycles. The van der Waals surface area contributed by atoms with Crippen LogP contribution < -0.4 is 5.32 Å². The van der Waals surface area contributed by atoms with Crippen molar-refractivity contribution in [2.24, 2.45) is 5.92 Å². The highest BCUT2D eigenvalue weighted by Crippen LogP contribution is 2.01. The lowest BCUT2D eigenvalue weighted by atomic mass is 10.1. The van der Waals surface area contributed by atoms with E-state index in [1.54, 1.807) is 13.8 Å². The van der Waals surface area contributed by atoms with E-state index in [-0.39, 0.29) is 5.92 Å². The molecule has 0 bridgehead atoms. The smallest absolute Gasteiger partial charge is 0.407 e. The first-order valence-electron chi connectivity index (χ1n) is 4.86. The van der Waals surface area contributed by atoms with Crippen LogP contribution in [0.2, 0.25) is 0 Å². The zero-order valence-corrected chi connectivity index (χ0v) is 6.83. The zero-order valence-electron chi connectivity index (χ0n) is 9.83. The number of amides is 1. The molecule has 2 N–H and O–H groups in total. The van der Waals surface area contributed by atoms with Gasteiger partial charge in [-0.1, -0.05) is 13.8 Å². The van der Waals surface area contributed by atoms with Gasteiger partial charge in [0.25, 0.3) is 0 Å². The highest BCUT2D eigenvalue weighted by Gasteiger charge is 2.23. The van der Waals surface area contributed by atoms with Crippen molar-refractivity contribution in [2.45, 2.75) is 19.9 Å². The molecule has 1 amide bonds. The van der Waals surface area contributed by atoms with E-state index in [0.717, 1.165) is 0 Å². The number of hydrogen-bond acceptors (Lipinski definition) is 3. The Morgan fingerprint density at radius 3 is 2.50 bits per heavy atom. The van der Waals surface area contributed by atoms with Gasteiger partial charge in [-0.3, -0.25) is 0 Å². The first-order chi connectivity index (χ1) is 6.63. The molecule has 0 aliphatic rings. The maximum Gasteiger partial charge on any atom is 0.407 e. The number of hydrogen-bond donors (Lipinski definition) is 2. The summed E-state index contributed by atoms with van der Waals surface area (Å²) in [6.07, 6.45) is -1.27. The van der Waals surface area contributed by atoms with E-state index in [9.17, 15) is 9.59 Å². The summed E-state index contributed by atoms with van der Waals surface area (Å²) in [6.45, 7) is 3.16. The van der Waals surface area contributed by atoms with Crippen molar-refractivity contribution in [3.05, 3.63) is 0 Å². The number of rotatable bonds is 3. The van der Waals surface area contributed by atoms with Gasteiger partial charge in [-0.05, 0) is 5.92 Å². The normalized spacial score (nSPS) is 17.1. The minimum Gasteiger partial charge on any atom is -0.480 e. The molecule has 5 heteroatoms. The van der Waals surface area contributed by atoms with Gasteiger partial charge in [-0.25, -0.2) is 9.59 Å². The predicted molar refractivity (Wildman–Crippen MR) is 41.8 cm³/mol. The van der Waals surface area contributed by atoms with Crippen LogP contribution in [0.25, 0.3) is 0 Å². The number of aliphatic carboxylic acids is 1. The number of nitrogens with one attached hydrogen (secondary N) is 1. The summed E-state index contributed by atoms with van der Waals surface area (Å²) in [4.78, 5) is 21.6. The Bertz CT molecular complexity index is 251. The molecule has 0 fully saturated rings. The van der Waals surface area contributed by atoms with E-state index in [0.29, 0.717) is 0 Å². The Morgan fingerprint density at radius 1 is 1.58 bits per heavy atom. The number of carboxylic acids is 1. The van der Waals surface area contributed by atoms with E-state index in [1.165, 1.54) is 0 Å². The second-order valence-corrected chi connectivity index (χ2v) is 2.59. The summed E-state index contributed by atoms with van der Waals surface area (Å²) in [6, 6.07) is -1.17. The van der Waals surface area contributed by atoms with Gasteiger partial charge < -0.3 is 15.2 Å². The first-order valence-corrected chi connectivity index (χ1v) is 3.36. The highest BCUT2D eigenvalue weighted by molar-refractivity contribution is 5.80. The topological polar surface area (TPSA) is 75.6 Å². The molecule has 0 spiro atoms. The highest BCUT2D eigenvalue weighted by atomic mass is 16.5. The maximum absolute atomic E-state index is 10.9. The van der Waals surface area contributed by atoms with Crippen LogP contribution >= 0.6 is 0 Å². The third-order valence-electron chi connectivity index (χ3n) is 1.30. The number of carbonyl (C=O) groups is 2. The third kappa shape index (κ3) is 3.23. The molecule has 1 atom stereocenters. The van der Waals surface area contributed by atoms with Crippen molar-refractivity contribution in [3.8, 4) is 0 Å². The second kappa shape index (κ2) is 4.58. The van der Waals surface area contributed by atoms with Gasteiger partial charge in [0.05, 0.1) is 11.2 Å². The molecular weight excluding hydrogens is 162 g/mol. The van der Waals surface area contributed by atoms with Crippen molar-refractivity contribution in [2.75, 3.05) is 7.04 Å². The fraction of sp³-hybridized carbons (Fsp3) is 0.714. The van der Waals surface area contributed by atoms with Crippen molar-refractivity contribution in [3.63, 3.8) is 0 Å². The molecule has 70 valence electrons. The summed E-state index contributed by atoms with van der Waals surface area (Å²) in [7, 11) is -2.87. The van der Waals surface area contributed by atoms with Crippen LogP contribution in [0.4, 0.5) is 4.79 Å². The van der Waals surface area contributed by atoms with Crippen molar-refractivity contribution < 1.29 is 23.5 Å². The SMILES string of the molecule is [2H]C([2H])([2H])OC(=O)N[C@H](C(=O)O)C(C)C. The van der Waals surface area contributed by atoms with Crippen LogP contribution in [0.3, 0.4) is 0 Å². The molecule has 0 rings (SSSR count). The van der Waals surface area contributed by atoms with Crippen LogP contribution in [-0.2, 0) is 9.53 Å². The van der Waals surface area contributed by atoms with Crippen LogP contribution in [0.15, 0.2) is 0 Å². The van der Waals surface area contributed by atoms with Crippen molar-refractivity contribution >= 4 is 12.1 Å². The third-order valence-corrected chi connectivity index (χ3v) is 1.30. The minimum atomic E-state index is -2.87. The van der Waals surface area contributed by atoms with E-state index < -0.39 is 25.1 Å². The molecule has 0 saturated carbocycles. The van der Waals surface area contributed by atoms with Crippen molar-refractivity contribution in [1.82, 2.24) is 5.32 Å². The molecule has 12 heavy (non-hydrogen) atoms. The van der Waals surface area contributed by atoms with E-state index >= 15 is 0 Å². The van der Waals surface area contributed by atoms with Crippen LogP contribution in [-0.4, -0.2) is 30.2 Å². The average Bonchev–Trinajstić information content (AvgIpc) is 1.95. The number of alkyl carbamates (subject to hydrolysis) is 1. The molecule has 0 aliphatic carbocycles. The quantitative estimate of drug-likeness (QED) is 0.658. The Labute approximate surface area is 74.9 Å². The molecule has 0 saturated heterocycles. The monoisotopic (exact) mass is 178 g/mol. The average molecular weight is 178 g/mol. The van der Waals surface area contributed by atoms with E-state index in [1.807, 2.05) is 5.32 Å². The first kappa shape index (κ1) is 6.28. The standard InChI is InChI=1S/C7H13NO4/c1-4(2)5(6(9)10)8-7(11)12-3/h4-5H,1-3H3,(H,8,11)(H,9,10)/t5-/m0/s1/i3D3. The fourth-order valence-electron chi connectivity index (χ4n) is 0.670. The van der Waals surface area contributed by atoms with Gasteiger partial charge >= 0.3 is 12.1 Å². The summed E-state index contributed by atoms with van der Waals surface area (Å²) in [5.41, 5.74) is 0. The van der Waals surface area contributed by atoms with Crippen LogP contribution in [0.5, 0.6) is 0 Å². The summed E-state index contributed by atoms with van der Waals surface area (Å²) in [5.74, 6) is -1.61. The van der Waals surface area contributed by atoms with Crippen LogP contribution in [0, 0.1) is 5.92 Å². The summed E-state index contributed by atoms with van der Waals surface area (Å²) in [5, 5.41) is 10.6. The Morgan fingerprint density at radius 2 is 2.17 bits per heavy atom. The Balaban J connectivity index is 4.31. The summed E-state index contributed by atoms with van der Waals surface area (Å²) < 4.78 is 23.8. The molecule has 0 aromatic rings. The van der Waals surface area contributed by atoms with Crippen molar-refractivity contribution in [1.29, 1.82) is 0 Å².